The molecule has 0 fully saturated rings. The maximum atomic E-state index is 15.1. The lowest BCUT2D eigenvalue weighted by Crippen LogP contribution is -2.55. The van der Waals surface area contributed by atoms with Crippen LogP contribution in [0.15, 0.2) is 115 Å². The van der Waals surface area contributed by atoms with E-state index in [1.54, 1.807) is 84.9 Å². The highest BCUT2D eigenvalue weighted by Crippen LogP contribution is 2.21. The number of Topliss-reactive ketones (excluding diaryl/α,β-unsaturated/α-hetero) is 1. The monoisotopic (exact) mass is 572 g/mol. The predicted octanol–water partition coefficient (Wildman–Crippen LogP) is 5.62. The third-order valence-corrected chi connectivity index (χ3v) is 6.32. The van der Waals surface area contributed by atoms with Crippen molar-refractivity contribution in [1.82, 2.24) is 10.6 Å². The van der Waals surface area contributed by atoms with Crippen LogP contribution in [-0.4, -0.2) is 29.7 Å². The number of rotatable bonds is 13. The van der Waals surface area contributed by atoms with E-state index in [4.69, 9.17) is 9.47 Å². The average molecular weight is 573 g/mol. The summed E-state index contributed by atoms with van der Waals surface area (Å²) >= 11 is 0. The van der Waals surface area contributed by atoms with Gasteiger partial charge in [0.05, 0.1) is 0 Å². The molecular weight excluding hydrogens is 542 g/mol. The topological polar surface area (TPSA) is 93.7 Å². The number of benzene rings is 4. The Kier molecular flexibility index (Phi) is 10.4. The van der Waals surface area contributed by atoms with Crippen molar-refractivity contribution in [3.8, 4) is 5.75 Å². The molecule has 0 spiro atoms. The number of carbonyl (C=O) groups excluding carboxylic acids is 3. The zero-order valence-electron chi connectivity index (χ0n) is 22.7. The molecule has 0 aliphatic heterocycles. The summed E-state index contributed by atoms with van der Waals surface area (Å²) in [5.74, 6) is -7.39. The summed E-state index contributed by atoms with van der Waals surface area (Å²) in [6.45, 7) is 0.0135. The Morgan fingerprint density at radius 1 is 0.667 bits per heavy atom. The van der Waals surface area contributed by atoms with Gasteiger partial charge >= 0.3 is 12.0 Å². The second kappa shape index (κ2) is 14.5. The molecule has 0 bridgehead atoms. The van der Waals surface area contributed by atoms with Crippen LogP contribution in [0.1, 0.15) is 22.3 Å². The van der Waals surface area contributed by atoms with Crippen molar-refractivity contribution in [2.45, 2.75) is 38.1 Å². The average Bonchev–Trinajstić information content (AvgIpc) is 3.03. The fourth-order valence-electron chi connectivity index (χ4n) is 4.03. The van der Waals surface area contributed by atoms with Crippen LogP contribution >= 0.6 is 0 Å². The van der Waals surface area contributed by atoms with Crippen molar-refractivity contribution < 1.29 is 32.6 Å². The number of alkyl carbamates (subject to hydrolysis) is 1. The maximum Gasteiger partial charge on any atom is 0.408 e. The van der Waals surface area contributed by atoms with Crippen molar-refractivity contribution >= 4 is 17.8 Å². The minimum atomic E-state index is -4.41. The molecule has 2 N–H and O–H groups in total. The number of halogens is 2. The van der Waals surface area contributed by atoms with Gasteiger partial charge in [0.15, 0.2) is 0 Å². The highest BCUT2D eigenvalue weighted by Gasteiger charge is 2.50. The molecule has 0 aliphatic rings. The Bertz CT molecular complexity index is 1450. The van der Waals surface area contributed by atoms with E-state index in [-0.39, 0.29) is 19.6 Å². The molecule has 2 amide bonds. The van der Waals surface area contributed by atoms with Crippen LogP contribution in [0, 0.1) is 0 Å². The predicted molar refractivity (Wildman–Crippen MR) is 153 cm³/mol. The van der Waals surface area contributed by atoms with Crippen molar-refractivity contribution in [3.63, 3.8) is 0 Å². The number of amides is 2. The summed E-state index contributed by atoms with van der Waals surface area (Å²) in [7, 11) is 0. The SMILES string of the molecule is O=C(NC(Cc1ccc(OCc2ccccc2)cc1)C(=O)C(F)(F)C(=O)NCc1ccccc1)OCc1ccccc1. The maximum absolute atomic E-state index is 15.1. The van der Waals surface area contributed by atoms with Gasteiger partial charge < -0.3 is 20.1 Å². The number of ketones is 1. The third-order valence-electron chi connectivity index (χ3n) is 6.32. The first-order valence-corrected chi connectivity index (χ1v) is 13.3. The first-order chi connectivity index (χ1) is 20.3. The fraction of sp³-hybridized carbons (Fsp3) is 0.182. The van der Waals surface area contributed by atoms with Crippen LogP contribution in [-0.2, 0) is 40.5 Å². The number of ether oxygens (including phenoxy) is 2. The largest absolute Gasteiger partial charge is 0.489 e. The number of nitrogens with one attached hydrogen (secondary N) is 2. The third kappa shape index (κ3) is 8.72. The van der Waals surface area contributed by atoms with E-state index in [1.807, 2.05) is 30.3 Å². The van der Waals surface area contributed by atoms with Gasteiger partial charge in [0.2, 0.25) is 5.78 Å². The van der Waals surface area contributed by atoms with Crippen molar-refractivity contribution in [2.75, 3.05) is 0 Å². The van der Waals surface area contributed by atoms with Gasteiger partial charge in [0.25, 0.3) is 5.91 Å². The van der Waals surface area contributed by atoms with E-state index in [0.717, 1.165) is 5.56 Å². The highest BCUT2D eigenvalue weighted by molar-refractivity contribution is 6.10. The standard InChI is InChI=1S/C33H30F2N2O5/c34-33(35,31(39)36-21-25-10-4-1-5-11-25)30(38)29(37-32(40)42-23-27-14-8-3-9-15-27)20-24-16-18-28(19-17-24)41-22-26-12-6-2-7-13-26/h1-19,29H,20-23H2,(H,36,39)(H,37,40). The van der Waals surface area contributed by atoms with Crippen LogP contribution in [0.25, 0.3) is 0 Å². The minimum absolute atomic E-state index is 0.130. The molecule has 42 heavy (non-hydrogen) atoms. The molecule has 0 aromatic heterocycles. The van der Waals surface area contributed by atoms with Crippen LogP contribution in [0.2, 0.25) is 0 Å². The van der Waals surface area contributed by atoms with Gasteiger partial charge in [-0.05, 0) is 34.4 Å². The number of hydrogen-bond donors (Lipinski definition) is 2. The second-order valence-corrected chi connectivity index (χ2v) is 9.49. The number of carbonyl (C=O) groups is 3. The summed E-state index contributed by atoms with van der Waals surface area (Å²) in [5.41, 5.74) is 2.69. The number of hydrogen-bond acceptors (Lipinski definition) is 5. The van der Waals surface area contributed by atoms with Crippen LogP contribution in [0.3, 0.4) is 0 Å². The summed E-state index contributed by atoms with van der Waals surface area (Å²) in [6.07, 6.45) is -1.37. The summed E-state index contributed by atoms with van der Waals surface area (Å²) in [5, 5.41) is 4.33. The molecular formula is C33H30F2N2O5. The second-order valence-electron chi connectivity index (χ2n) is 9.49. The Labute approximate surface area is 242 Å². The molecule has 0 saturated carbocycles. The van der Waals surface area contributed by atoms with Gasteiger partial charge in [0, 0.05) is 13.0 Å². The lowest BCUT2D eigenvalue weighted by Gasteiger charge is -2.23. The molecule has 1 unspecified atom stereocenters. The molecule has 4 rings (SSSR count). The Morgan fingerprint density at radius 2 is 1.19 bits per heavy atom. The van der Waals surface area contributed by atoms with E-state index in [1.165, 1.54) is 0 Å². The minimum Gasteiger partial charge on any atom is -0.489 e. The van der Waals surface area contributed by atoms with Gasteiger partial charge in [0.1, 0.15) is 25.0 Å². The smallest absolute Gasteiger partial charge is 0.408 e. The van der Waals surface area contributed by atoms with E-state index in [2.05, 4.69) is 10.6 Å². The molecule has 0 radical (unpaired) electrons. The Balaban J connectivity index is 1.44. The summed E-state index contributed by atoms with van der Waals surface area (Å²) in [6, 6.07) is 31.5. The van der Waals surface area contributed by atoms with E-state index >= 15 is 8.78 Å². The first-order valence-electron chi connectivity index (χ1n) is 13.3. The van der Waals surface area contributed by atoms with E-state index in [0.29, 0.717) is 29.0 Å². The van der Waals surface area contributed by atoms with E-state index < -0.39 is 29.7 Å². The molecule has 1 atom stereocenters. The van der Waals surface area contributed by atoms with Gasteiger partial charge in [-0.3, -0.25) is 9.59 Å². The zero-order chi connectivity index (χ0) is 29.8. The van der Waals surface area contributed by atoms with Crippen molar-refractivity contribution in [3.05, 3.63) is 138 Å². The number of alkyl halides is 2. The van der Waals surface area contributed by atoms with Gasteiger partial charge in [-0.2, -0.15) is 8.78 Å². The van der Waals surface area contributed by atoms with E-state index in [9.17, 15) is 14.4 Å². The van der Waals surface area contributed by atoms with Gasteiger partial charge in [-0.15, -0.1) is 0 Å². The first kappa shape index (κ1) is 29.9. The van der Waals surface area contributed by atoms with Crippen LogP contribution < -0.4 is 15.4 Å². The zero-order valence-corrected chi connectivity index (χ0v) is 22.7. The molecule has 0 aliphatic carbocycles. The Hall–Kier alpha value is -5.05. The molecule has 216 valence electrons. The fourth-order valence-corrected chi connectivity index (χ4v) is 4.03. The summed E-state index contributed by atoms with van der Waals surface area (Å²) < 4.78 is 41.1. The quantitative estimate of drug-likeness (QED) is 0.203. The van der Waals surface area contributed by atoms with Crippen LogP contribution in [0.5, 0.6) is 5.75 Å². The van der Waals surface area contributed by atoms with Crippen molar-refractivity contribution in [2.24, 2.45) is 0 Å². The summed E-state index contributed by atoms with van der Waals surface area (Å²) in [4.78, 5) is 38.0. The molecule has 9 heteroatoms. The normalized spacial score (nSPS) is 11.7. The Morgan fingerprint density at radius 3 is 1.76 bits per heavy atom. The van der Waals surface area contributed by atoms with Gasteiger partial charge in [-0.25, -0.2) is 4.79 Å². The van der Waals surface area contributed by atoms with Gasteiger partial charge in [-0.1, -0.05) is 103 Å². The lowest BCUT2D eigenvalue weighted by molar-refractivity contribution is -0.159. The molecule has 7 nitrogen and oxygen atoms in total. The molecule has 0 heterocycles. The van der Waals surface area contributed by atoms with Crippen LogP contribution in [0.4, 0.5) is 13.6 Å². The van der Waals surface area contributed by atoms with Crippen molar-refractivity contribution in [1.29, 1.82) is 0 Å². The molecule has 4 aromatic rings. The molecule has 4 aromatic carbocycles. The highest BCUT2D eigenvalue weighted by atomic mass is 19.3. The molecule has 0 saturated heterocycles. The lowest BCUT2D eigenvalue weighted by atomic mass is 9.98.